The van der Waals surface area contributed by atoms with Gasteiger partial charge in [0.2, 0.25) is 0 Å². The maximum Gasteiger partial charge on any atom is 0.416 e. The Morgan fingerprint density at radius 3 is 2.33 bits per heavy atom. The van der Waals surface area contributed by atoms with Crippen LogP contribution in [0.25, 0.3) is 0 Å². The van der Waals surface area contributed by atoms with Crippen LogP contribution in [0.4, 0.5) is 18.9 Å². The van der Waals surface area contributed by atoms with Gasteiger partial charge in [-0.15, -0.1) is 0 Å². The molecule has 4 rings (SSSR count). The van der Waals surface area contributed by atoms with Gasteiger partial charge in [-0.3, -0.25) is 9.58 Å². The molecule has 1 aliphatic heterocycles. The summed E-state index contributed by atoms with van der Waals surface area (Å²) in [6, 6.07) is 11.0. The van der Waals surface area contributed by atoms with Crippen molar-refractivity contribution in [1.82, 2.24) is 19.6 Å². The third kappa shape index (κ3) is 6.32. The third-order valence-electron chi connectivity index (χ3n) is 6.25. The SMILES string of the molecule is Cc1nn(Cc2ccc(Cl)c(Cl)c2)c(C)c1NC(=S)N1CCN(Cc2cccc(C(F)(F)F)c2)CC1. The molecule has 0 aliphatic carbocycles. The molecule has 1 aromatic heterocycles. The predicted octanol–water partition coefficient (Wildman–Crippen LogP) is 6.39. The fourth-order valence-corrected chi connectivity index (χ4v) is 4.85. The lowest BCUT2D eigenvalue weighted by Crippen LogP contribution is -2.49. The number of alkyl halides is 3. The van der Waals surface area contributed by atoms with Crippen LogP contribution in [0.2, 0.25) is 10.0 Å². The summed E-state index contributed by atoms with van der Waals surface area (Å²) in [7, 11) is 0. The number of thiocarbonyl (C=S) groups is 1. The molecule has 36 heavy (non-hydrogen) atoms. The quantitative estimate of drug-likeness (QED) is 0.369. The number of hydrogen-bond acceptors (Lipinski definition) is 3. The van der Waals surface area contributed by atoms with Crippen molar-refractivity contribution < 1.29 is 13.2 Å². The minimum Gasteiger partial charge on any atom is -0.346 e. The second-order valence-electron chi connectivity index (χ2n) is 8.84. The number of halogens is 5. The van der Waals surface area contributed by atoms with E-state index in [9.17, 15) is 13.2 Å². The van der Waals surface area contributed by atoms with Gasteiger partial charge in [-0.25, -0.2) is 0 Å². The summed E-state index contributed by atoms with van der Waals surface area (Å²) in [6.45, 7) is 7.69. The number of piperazine rings is 1. The number of anilines is 1. The van der Waals surface area contributed by atoms with Crippen molar-refractivity contribution in [2.75, 3.05) is 31.5 Å². The van der Waals surface area contributed by atoms with Gasteiger partial charge in [0.25, 0.3) is 0 Å². The minimum absolute atomic E-state index is 0.470. The number of hydrogen-bond donors (Lipinski definition) is 1. The highest BCUT2D eigenvalue weighted by atomic mass is 35.5. The van der Waals surface area contributed by atoms with E-state index in [2.05, 4.69) is 20.2 Å². The first-order valence-electron chi connectivity index (χ1n) is 11.4. The van der Waals surface area contributed by atoms with Gasteiger partial charge in [0.15, 0.2) is 5.11 Å². The smallest absolute Gasteiger partial charge is 0.346 e. The highest BCUT2D eigenvalue weighted by molar-refractivity contribution is 7.80. The number of aryl methyl sites for hydroxylation is 1. The molecular formula is C25H26Cl2F3N5S. The van der Waals surface area contributed by atoms with Crippen molar-refractivity contribution in [1.29, 1.82) is 0 Å². The molecule has 192 valence electrons. The van der Waals surface area contributed by atoms with Crippen molar-refractivity contribution in [3.05, 3.63) is 80.6 Å². The summed E-state index contributed by atoms with van der Waals surface area (Å²) in [6.07, 6.45) is -4.33. The molecule has 11 heteroatoms. The summed E-state index contributed by atoms with van der Waals surface area (Å²) < 4.78 is 40.9. The van der Waals surface area contributed by atoms with Gasteiger partial charge in [-0.05, 0) is 55.4 Å². The summed E-state index contributed by atoms with van der Waals surface area (Å²) in [5, 5.41) is 9.62. The normalized spacial score (nSPS) is 14.8. The second-order valence-corrected chi connectivity index (χ2v) is 10.0. The number of rotatable bonds is 5. The maximum atomic E-state index is 13.0. The molecule has 0 atom stereocenters. The van der Waals surface area contributed by atoms with Gasteiger partial charge in [0, 0.05) is 32.7 Å². The summed E-state index contributed by atoms with van der Waals surface area (Å²) >= 11 is 17.8. The van der Waals surface area contributed by atoms with Crippen LogP contribution in [0.3, 0.4) is 0 Å². The van der Waals surface area contributed by atoms with Gasteiger partial charge in [0.1, 0.15) is 0 Å². The first-order chi connectivity index (χ1) is 17.0. The second kappa shape index (κ2) is 11.0. The predicted molar refractivity (Wildman–Crippen MR) is 142 cm³/mol. The molecule has 1 N–H and O–H groups in total. The summed E-state index contributed by atoms with van der Waals surface area (Å²) in [5.74, 6) is 0. The Kier molecular flexibility index (Phi) is 8.14. The largest absolute Gasteiger partial charge is 0.416 e. The molecular weight excluding hydrogens is 530 g/mol. The molecule has 2 heterocycles. The Balaban J connectivity index is 1.34. The zero-order chi connectivity index (χ0) is 26.0. The highest BCUT2D eigenvalue weighted by Crippen LogP contribution is 2.30. The van der Waals surface area contributed by atoms with Crippen LogP contribution >= 0.6 is 35.4 Å². The lowest BCUT2D eigenvalue weighted by atomic mass is 10.1. The zero-order valence-electron chi connectivity index (χ0n) is 19.9. The molecule has 0 unspecified atom stereocenters. The number of benzene rings is 2. The van der Waals surface area contributed by atoms with Gasteiger partial charge in [-0.2, -0.15) is 18.3 Å². The average molecular weight is 556 g/mol. The molecule has 0 saturated carbocycles. The van der Waals surface area contributed by atoms with Crippen LogP contribution in [0.5, 0.6) is 0 Å². The topological polar surface area (TPSA) is 36.3 Å². The van der Waals surface area contributed by atoms with E-state index in [1.807, 2.05) is 30.7 Å². The average Bonchev–Trinajstić information content (AvgIpc) is 3.09. The molecule has 0 spiro atoms. The van der Waals surface area contributed by atoms with Crippen molar-refractivity contribution in [3.8, 4) is 0 Å². The van der Waals surface area contributed by atoms with Crippen molar-refractivity contribution in [3.63, 3.8) is 0 Å². The number of nitrogens with one attached hydrogen (secondary N) is 1. The summed E-state index contributed by atoms with van der Waals surface area (Å²) in [5.41, 5.74) is 3.67. The fraction of sp³-hybridized carbons (Fsp3) is 0.360. The Bertz CT molecular complexity index is 1250. The van der Waals surface area contributed by atoms with E-state index in [-0.39, 0.29) is 0 Å². The Morgan fingerprint density at radius 1 is 0.972 bits per heavy atom. The van der Waals surface area contributed by atoms with E-state index in [0.717, 1.165) is 28.7 Å². The van der Waals surface area contributed by atoms with Crippen LogP contribution in [0.15, 0.2) is 42.5 Å². The van der Waals surface area contributed by atoms with Crippen LogP contribution in [0, 0.1) is 13.8 Å². The molecule has 1 aliphatic rings. The van der Waals surface area contributed by atoms with Crippen LogP contribution < -0.4 is 5.32 Å². The van der Waals surface area contributed by atoms with E-state index in [4.69, 9.17) is 35.4 Å². The molecule has 2 aromatic carbocycles. The Hall–Kier alpha value is -2.33. The molecule has 5 nitrogen and oxygen atoms in total. The Morgan fingerprint density at radius 2 is 1.67 bits per heavy atom. The van der Waals surface area contributed by atoms with E-state index in [1.54, 1.807) is 12.1 Å². The van der Waals surface area contributed by atoms with Gasteiger partial charge < -0.3 is 10.2 Å². The minimum atomic E-state index is -4.33. The van der Waals surface area contributed by atoms with E-state index in [1.165, 1.54) is 12.1 Å². The van der Waals surface area contributed by atoms with Gasteiger partial charge in [0.05, 0.1) is 39.2 Å². The van der Waals surface area contributed by atoms with Crippen molar-refractivity contribution in [2.45, 2.75) is 33.1 Å². The third-order valence-corrected chi connectivity index (χ3v) is 7.35. The monoisotopic (exact) mass is 555 g/mol. The lowest BCUT2D eigenvalue weighted by Gasteiger charge is -2.36. The highest BCUT2D eigenvalue weighted by Gasteiger charge is 2.30. The van der Waals surface area contributed by atoms with Gasteiger partial charge in [-0.1, -0.05) is 47.5 Å². The van der Waals surface area contributed by atoms with Gasteiger partial charge >= 0.3 is 6.18 Å². The summed E-state index contributed by atoms with van der Waals surface area (Å²) in [4.78, 5) is 4.22. The first-order valence-corrected chi connectivity index (χ1v) is 12.6. The molecule has 0 bridgehead atoms. The molecule has 1 fully saturated rings. The standard InChI is InChI=1S/C25H26Cl2F3N5S/c1-16-23(17(2)35(32-16)15-19-6-7-21(26)22(27)13-19)31-24(36)34-10-8-33(9-11-34)14-18-4-3-5-20(12-18)25(28,29)30/h3-7,12-13H,8-11,14-15H2,1-2H3,(H,31,36). The lowest BCUT2D eigenvalue weighted by molar-refractivity contribution is -0.137. The molecule has 0 amide bonds. The van der Waals surface area contributed by atoms with Crippen molar-refractivity contribution >= 4 is 46.2 Å². The first kappa shape index (κ1) is 26.7. The number of nitrogens with zero attached hydrogens (tertiary/aromatic N) is 4. The Labute approximate surface area is 223 Å². The molecule has 0 radical (unpaired) electrons. The molecule has 1 saturated heterocycles. The zero-order valence-corrected chi connectivity index (χ0v) is 22.2. The van der Waals surface area contributed by atoms with E-state index >= 15 is 0 Å². The fourth-order valence-electron chi connectivity index (χ4n) is 4.24. The van der Waals surface area contributed by atoms with Crippen LogP contribution in [0.1, 0.15) is 28.1 Å². The number of aromatic nitrogens is 2. The maximum absolute atomic E-state index is 13.0. The van der Waals surface area contributed by atoms with Crippen LogP contribution in [-0.2, 0) is 19.3 Å². The van der Waals surface area contributed by atoms with Crippen molar-refractivity contribution in [2.24, 2.45) is 0 Å². The van der Waals surface area contributed by atoms with E-state index < -0.39 is 11.7 Å². The van der Waals surface area contributed by atoms with E-state index in [0.29, 0.717) is 60.0 Å². The van der Waals surface area contributed by atoms with Crippen LogP contribution in [-0.4, -0.2) is 50.9 Å². The molecule has 3 aromatic rings.